The number of amides is 1. The molecular formula is C10H11ClN2OS. The minimum atomic E-state index is -0.156. The average Bonchev–Trinajstić information content (AvgIpc) is 2.62. The lowest BCUT2D eigenvalue weighted by Gasteiger charge is -2.09. The van der Waals surface area contributed by atoms with E-state index in [1.807, 2.05) is 30.3 Å². The molecule has 15 heavy (non-hydrogen) atoms. The van der Waals surface area contributed by atoms with Gasteiger partial charge in [-0.05, 0) is 12.0 Å². The lowest BCUT2D eigenvalue weighted by atomic mass is 10.1. The Morgan fingerprint density at radius 1 is 1.40 bits per heavy atom. The molecule has 0 bridgehead atoms. The number of carbonyl (C=O) groups excluding carboxylic acids is 1. The second kappa shape index (κ2) is 4.88. The highest BCUT2D eigenvalue weighted by Crippen LogP contribution is 2.20. The summed E-state index contributed by atoms with van der Waals surface area (Å²) in [4.78, 5) is 11.7. The van der Waals surface area contributed by atoms with Crippen LogP contribution in [0.5, 0.6) is 0 Å². The molecule has 1 fully saturated rings. The van der Waals surface area contributed by atoms with Gasteiger partial charge in [0.25, 0.3) is 5.91 Å². The van der Waals surface area contributed by atoms with Crippen LogP contribution in [-0.2, 0) is 11.2 Å². The Balaban J connectivity index is 2.00. The van der Waals surface area contributed by atoms with E-state index in [0.717, 1.165) is 5.56 Å². The first-order valence-corrected chi connectivity index (χ1v) is 5.96. The summed E-state index contributed by atoms with van der Waals surface area (Å²) in [7, 11) is 0. The van der Waals surface area contributed by atoms with E-state index in [4.69, 9.17) is 11.6 Å². The maximum atomic E-state index is 11.7. The molecule has 0 aliphatic carbocycles. The van der Waals surface area contributed by atoms with Gasteiger partial charge in [-0.2, -0.15) is 0 Å². The molecule has 1 aromatic carbocycles. The van der Waals surface area contributed by atoms with Crippen LogP contribution in [0, 0.1) is 0 Å². The molecule has 2 rings (SSSR count). The zero-order valence-corrected chi connectivity index (χ0v) is 9.59. The zero-order valence-electron chi connectivity index (χ0n) is 8.02. The van der Waals surface area contributed by atoms with Crippen LogP contribution in [-0.4, -0.2) is 22.3 Å². The van der Waals surface area contributed by atoms with Gasteiger partial charge in [0.05, 0.1) is 0 Å². The fourth-order valence-electron chi connectivity index (χ4n) is 1.46. The topological polar surface area (TPSA) is 32.3 Å². The van der Waals surface area contributed by atoms with Crippen molar-refractivity contribution in [1.29, 1.82) is 0 Å². The predicted octanol–water partition coefficient (Wildman–Crippen LogP) is 1.79. The number of rotatable bonds is 3. The molecule has 1 unspecified atom stereocenters. The molecule has 1 heterocycles. The molecule has 0 spiro atoms. The molecule has 1 aliphatic heterocycles. The van der Waals surface area contributed by atoms with Crippen LogP contribution in [0.25, 0.3) is 0 Å². The van der Waals surface area contributed by atoms with Gasteiger partial charge in [0, 0.05) is 12.1 Å². The first kappa shape index (κ1) is 10.8. The van der Waals surface area contributed by atoms with Crippen molar-refractivity contribution >= 4 is 29.6 Å². The molecule has 0 aromatic heterocycles. The minimum Gasteiger partial charge on any atom is -0.272 e. The van der Waals surface area contributed by atoms with E-state index >= 15 is 0 Å². The number of hydrogen-bond donors (Lipinski definition) is 1. The van der Waals surface area contributed by atoms with Crippen molar-refractivity contribution in [3.8, 4) is 0 Å². The molecule has 1 N–H and O–H groups in total. The zero-order chi connectivity index (χ0) is 10.7. The molecular weight excluding hydrogens is 232 g/mol. The number of alkyl halides is 1. The average molecular weight is 243 g/mol. The van der Waals surface area contributed by atoms with E-state index in [0.29, 0.717) is 6.42 Å². The first-order chi connectivity index (χ1) is 7.31. The van der Waals surface area contributed by atoms with Gasteiger partial charge in [0.15, 0.2) is 0 Å². The van der Waals surface area contributed by atoms with E-state index in [2.05, 4.69) is 4.72 Å². The van der Waals surface area contributed by atoms with Gasteiger partial charge in [-0.3, -0.25) is 9.10 Å². The summed E-state index contributed by atoms with van der Waals surface area (Å²) in [6, 6.07) is 10.0. The molecule has 80 valence electrons. The largest absolute Gasteiger partial charge is 0.272 e. The van der Waals surface area contributed by atoms with Gasteiger partial charge in [0.2, 0.25) is 0 Å². The van der Waals surface area contributed by atoms with Crippen molar-refractivity contribution in [3.05, 3.63) is 35.9 Å². The van der Waals surface area contributed by atoms with Crippen molar-refractivity contribution in [2.45, 2.75) is 12.5 Å². The highest BCUT2D eigenvalue weighted by Gasteiger charge is 2.31. The summed E-state index contributed by atoms with van der Waals surface area (Å²) in [5.74, 6) is 0.0545. The summed E-state index contributed by atoms with van der Waals surface area (Å²) >= 11 is 6.89. The van der Waals surface area contributed by atoms with Crippen molar-refractivity contribution < 1.29 is 4.79 Å². The molecule has 1 aromatic rings. The first-order valence-electron chi connectivity index (χ1n) is 4.65. The lowest BCUT2D eigenvalue weighted by molar-refractivity contribution is -0.125. The van der Waals surface area contributed by atoms with Crippen molar-refractivity contribution in [1.82, 2.24) is 9.03 Å². The van der Waals surface area contributed by atoms with Crippen molar-refractivity contribution in [3.63, 3.8) is 0 Å². The quantitative estimate of drug-likeness (QED) is 0.498. The predicted molar refractivity (Wildman–Crippen MR) is 62.2 cm³/mol. The molecule has 0 saturated carbocycles. The number of halogens is 1. The fourth-order valence-corrected chi connectivity index (χ4v) is 2.43. The Bertz CT molecular complexity index is 347. The molecule has 5 heteroatoms. The fraction of sp³-hybridized carbons (Fsp3) is 0.300. The van der Waals surface area contributed by atoms with Gasteiger partial charge >= 0.3 is 0 Å². The molecule has 3 nitrogen and oxygen atoms in total. The van der Waals surface area contributed by atoms with Crippen LogP contribution in [0.2, 0.25) is 0 Å². The standard InChI is InChI=1S/C10H11ClN2OS/c11-7-13-10(14)9(12-15-13)6-8-4-2-1-3-5-8/h1-5,9,12H,6-7H2. The maximum absolute atomic E-state index is 11.7. The number of nitrogens with zero attached hydrogens (tertiary/aromatic N) is 1. The maximum Gasteiger partial charge on any atom is 0.252 e. The van der Waals surface area contributed by atoms with E-state index in [-0.39, 0.29) is 18.0 Å². The second-order valence-electron chi connectivity index (χ2n) is 3.29. The van der Waals surface area contributed by atoms with Crippen molar-refractivity contribution in [2.75, 3.05) is 6.00 Å². The van der Waals surface area contributed by atoms with Gasteiger partial charge in [-0.25, -0.2) is 4.72 Å². The smallest absolute Gasteiger partial charge is 0.252 e. The number of carbonyl (C=O) groups is 1. The van der Waals surface area contributed by atoms with Crippen LogP contribution < -0.4 is 4.72 Å². The number of benzene rings is 1. The Kier molecular flexibility index (Phi) is 3.51. The highest BCUT2D eigenvalue weighted by molar-refractivity contribution is 7.96. The molecule has 1 amide bonds. The van der Waals surface area contributed by atoms with Crippen LogP contribution >= 0.6 is 23.7 Å². The number of nitrogens with one attached hydrogen (secondary N) is 1. The molecule has 1 aliphatic rings. The van der Waals surface area contributed by atoms with E-state index in [1.54, 1.807) is 0 Å². The lowest BCUT2D eigenvalue weighted by Crippen LogP contribution is -2.31. The van der Waals surface area contributed by atoms with Crippen LogP contribution in [0.15, 0.2) is 30.3 Å². The van der Waals surface area contributed by atoms with E-state index in [1.165, 1.54) is 16.4 Å². The monoisotopic (exact) mass is 242 g/mol. The normalized spacial score (nSPS) is 21.0. The Hall–Kier alpha value is -0.710. The van der Waals surface area contributed by atoms with Gasteiger partial charge in [0.1, 0.15) is 12.0 Å². The summed E-state index contributed by atoms with van der Waals surface area (Å²) in [6.45, 7) is 0. The molecule has 1 atom stereocenters. The van der Waals surface area contributed by atoms with E-state index < -0.39 is 0 Å². The Morgan fingerprint density at radius 2 is 2.13 bits per heavy atom. The van der Waals surface area contributed by atoms with Gasteiger partial charge in [-0.1, -0.05) is 30.3 Å². The summed E-state index contributed by atoms with van der Waals surface area (Å²) in [6.07, 6.45) is 0.708. The summed E-state index contributed by atoms with van der Waals surface area (Å²) in [5, 5.41) is 0. The van der Waals surface area contributed by atoms with Crippen LogP contribution in [0.4, 0.5) is 0 Å². The van der Waals surface area contributed by atoms with Gasteiger partial charge < -0.3 is 0 Å². The van der Waals surface area contributed by atoms with Gasteiger partial charge in [-0.15, -0.1) is 11.6 Å². The molecule has 1 saturated heterocycles. The summed E-state index contributed by atoms with van der Waals surface area (Å²) < 4.78 is 4.59. The van der Waals surface area contributed by atoms with Crippen LogP contribution in [0.1, 0.15) is 5.56 Å². The molecule has 0 radical (unpaired) electrons. The third-order valence-electron chi connectivity index (χ3n) is 2.24. The minimum absolute atomic E-state index is 0.0545. The summed E-state index contributed by atoms with van der Waals surface area (Å²) in [5.41, 5.74) is 1.15. The Labute approximate surface area is 98.1 Å². The number of hydrogen-bond acceptors (Lipinski definition) is 3. The Morgan fingerprint density at radius 3 is 2.73 bits per heavy atom. The van der Waals surface area contributed by atoms with Crippen LogP contribution in [0.3, 0.4) is 0 Å². The SMILES string of the molecule is O=C1C(Cc2ccccc2)NSN1CCl. The van der Waals surface area contributed by atoms with Crippen molar-refractivity contribution in [2.24, 2.45) is 0 Å². The third-order valence-corrected chi connectivity index (χ3v) is 3.54. The second-order valence-corrected chi connectivity index (χ2v) is 4.39. The third kappa shape index (κ3) is 2.45. The van der Waals surface area contributed by atoms with E-state index in [9.17, 15) is 4.79 Å². The highest BCUT2D eigenvalue weighted by atomic mass is 35.5.